The lowest BCUT2D eigenvalue weighted by molar-refractivity contribution is -0.840. The van der Waals surface area contributed by atoms with E-state index in [1.165, 1.54) is 0 Å². The normalized spacial score (nSPS) is 9.00. The summed E-state index contributed by atoms with van der Waals surface area (Å²) in [5.74, 6) is 0. The van der Waals surface area contributed by atoms with Gasteiger partial charge in [0.15, 0.2) is 0 Å². The van der Waals surface area contributed by atoms with E-state index in [1.54, 1.807) is 13.8 Å². The standard InChI is InChI=1S/C4H7NO6/c1-3(2)9-4(6)10-11-5(7)8/h3H,1-2H3. The lowest BCUT2D eigenvalue weighted by atomic mass is 10.5. The third-order valence-corrected chi connectivity index (χ3v) is 0.498. The molecule has 0 N–H and O–H groups in total. The molecule has 0 fully saturated rings. The molecule has 0 heterocycles. The molecule has 0 aliphatic rings. The molecule has 7 heteroatoms. The van der Waals surface area contributed by atoms with Gasteiger partial charge in [0.2, 0.25) is 0 Å². The number of carbonyl (C=O) groups excluding carboxylic acids is 1. The number of nitrogens with zero attached hydrogens (tertiary/aromatic N) is 1. The molecule has 0 aromatic carbocycles. The quantitative estimate of drug-likeness (QED) is 0.264. The molecule has 0 aliphatic heterocycles. The van der Waals surface area contributed by atoms with Crippen LogP contribution in [-0.4, -0.2) is 17.3 Å². The summed E-state index contributed by atoms with van der Waals surface area (Å²) in [5.41, 5.74) is 0. The van der Waals surface area contributed by atoms with Gasteiger partial charge in [-0.3, -0.25) is 0 Å². The van der Waals surface area contributed by atoms with Crippen LogP contribution in [0.4, 0.5) is 4.79 Å². The van der Waals surface area contributed by atoms with Crippen molar-refractivity contribution in [2.24, 2.45) is 0 Å². The van der Waals surface area contributed by atoms with Gasteiger partial charge in [0, 0.05) is 0 Å². The molecule has 0 spiro atoms. The molecule has 0 bridgehead atoms. The van der Waals surface area contributed by atoms with E-state index in [0.717, 1.165) is 0 Å². The van der Waals surface area contributed by atoms with Gasteiger partial charge in [-0.1, -0.05) is 4.99 Å². The average molecular weight is 165 g/mol. The first-order chi connectivity index (χ1) is 5.02. The third kappa shape index (κ3) is 6.35. The zero-order valence-corrected chi connectivity index (χ0v) is 5.97. The Kier molecular flexibility index (Phi) is 3.71. The summed E-state index contributed by atoms with van der Waals surface area (Å²) in [6.07, 6.45) is -1.64. The molecular weight excluding hydrogens is 158 g/mol. The largest absolute Gasteiger partial charge is 0.540 e. The molecule has 64 valence electrons. The highest BCUT2D eigenvalue weighted by Gasteiger charge is 2.09. The monoisotopic (exact) mass is 165 g/mol. The smallest absolute Gasteiger partial charge is 0.430 e. The maximum atomic E-state index is 10.3. The Balaban J connectivity index is 3.45. The van der Waals surface area contributed by atoms with Crippen LogP contribution in [0.5, 0.6) is 0 Å². The van der Waals surface area contributed by atoms with Gasteiger partial charge >= 0.3 is 11.2 Å². The van der Waals surface area contributed by atoms with Crippen LogP contribution in [0.1, 0.15) is 13.8 Å². The summed E-state index contributed by atoms with van der Waals surface area (Å²) < 4.78 is 4.31. The number of rotatable bonds is 3. The van der Waals surface area contributed by atoms with Gasteiger partial charge in [-0.2, -0.15) is 0 Å². The van der Waals surface area contributed by atoms with Crippen LogP contribution in [0.25, 0.3) is 0 Å². The predicted molar refractivity (Wildman–Crippen MR) is 30.8 cm³/mol. The zero-order chi connectivity index (χ0) is 8.85. The molecule has 0 rings (SSSR count). The first kappa shape index (κ1) is 9.47. The van der Waals surface area contributed by atoms with Gasteiger partial charge in [0.25, 0.3) is 0 Å². The molecular formula is C4H7NO6. The van der Waals surface area contributed by atoms with Gasteiger partial charge in [0.05, 0.1) is 6.10 Å². The van der Waals surface area contributed by atoms with Crippen molar-refractivity contribution in [3.63, 3.8) is 0 Å². The van der Waals surface area contributed by atoms with E-state index < -0.39 is 17.3 Å². The van der Waals surface area contributed by atoms with E-state index in [2.05, 4.69) is 14.6 Å². The second-order valence-electron chi connectivity index (χ2n) is 1.80. The minimum Gasteiger partial charge on any atom is -0.430 e. The molecule has 7 nitrogen and oxygen atoms in total. The predicted octanol–water partition coefficient (Wildman–Crippen LogP) is 0.671. The molecule has 11 heavy (non-hydrogen) atoms. The Hall–Kier alpha value is -1.53. The zero-order valence-electron chi connectivity index (χ0n) is 5.97. The topological polar surface area (TPSA) is 87.9 Å². The van der Waals surface area contributed by atoms with Crippen LogP contribution >= 0.6 is 0 Å². The van der Waals surface area contributed by atoms with E-state index >= 15 is 0 Å². The molecule has 0 aromatic heterocycles. The van der Waals surface area contributed by atoms with Crippen LogP contribution in [0.2, 0.25) is 0 Å². The minimum absolute atomic E-state index is 0.405. The molecule has 0 aliphatic carbocycles. The van der Waals surface area contributed by atoms with Gasteiger partial charge in [-0.15, -0.1) is 10.1 Å². The van der Waals surface area contributed by atoms with Gasteiger partial charge in [-0.05, 0) is 13.8 Å². The van der Waals surface area contributed by atoms with E-state index in [9.17, 15) is 14.9 Å². The molecule has 0 aromatic rings. The first-order valence-electron chi connectivity index (χ1n) is 2.72. The highest BCUT2D eigenvalue weighted by molar-refractivity contribution is 5.59. The SMILES string of the molecule is CC(C)OC(=O)OO[N+](=O)[O-]. The van der Waals surface area contributed by atoms with Crippen LogP contribution in [0.3, 0.4) is 0 Å². The van der Waals surface area contributed by atoms with Crippen LogP contribution in [0.15, 0.2) is 0 Å². The van der Waals surface area contributed by atoms with Crippen LogP contribution in [-0.2, 0) is 14.6 Å². The van der Waals surface area contributed by atoms with Crippen molar-refractivity contribution < 1.29 is 24.5 Å². The molecule has 0 saturated heterocycles. The van der Waals surface area contributed by atoms with E-state index in [0.29, 0.717) is 0 Å². The fourth-order valence-electron chi connectivity index (χ4n) is 0.273. The highest BCUT2D eigenvalue weighted by atomic mass is 17.4. The van der Waals surface area contributed by atoms with Crippen molar-refractivity contribution in [1.29, 1.82) is 0 Å². The summed E-state index contributed by atoms with van der Waals surface area (Å²) in [5, 5.41) is 8.18. The Morgan fingerprint density at radius 3 is 2.45 bits per heavy atom. The van der Waals surface area contributed by atoms with Crippen molar-refractivity contribution in [2.75, 3.05) is 0 Å². The first-order valence-corrected chi connectivity index (χ1v) is 2.72. The van der Waals surface area contributed by atoms with Crippen molar-refractivity contribution in [1.82, 2.24) is 0 Å². The van der Waals surface area contributed by atoms with E-state index in [1.807, 2.05) is 0 Å². The van der Waals surface area contributed by atoms with Crippen molar-refractivity contribution >= 4 is 6.16 Å². The number of ether oxygens (including phenoxy) is 1. The highest BCUT2D eigenvalue weighted by Crippen LogP contribution is 1.92. The lowest BCUT2D eigenvalue weighted by Crippen LogP contribution is -2.15. The van der Waals surface area contributed by atoms with Crippen molar-refractivity contribution in [3.8, 4) is 0 Å². The minimum atomic E-state index is -1.26. The number of carbonyl (C=O) groups is 1. The van der Waals surface area contributed by atoms with Gasteiger partial charge in [0.1, 0.15) is 0 Å². The van der Waals surface area contributed by atoms with Crippen molar-refractivity contribution in [2.45, 2.75) is 20.0 Å². The summed E-state index contributed by atoms with van der Waals surface area (Å²) in [6, 6.07) is 0. The van der Waals surface area contributed by atoms with Gasteiger partial charge in [-0.25, -0.2) is 9.68 Å². The second kappa shape index (κ2) is 4.31. The van der Waals surface area contributed by atoms with Crippen LogP contribution in [0, 0.1) is 10.1 Å². The summed E-state index contributed by atoms with van der Waals surface area (Å²) >= 11 is 0. The molecule has 0 radical (unpaired) electrons. The Bertz CT molecular complexity index is 155. The Morgan fingerprint density at radius 1 is 1.55 bits per heavy atom. The van der Waals surface area contributed by atoms with Gasteiger partial charge < -0.3 is 4.74 Å². The maximum Gasteiger partial charge on any atom is 0.540 e. The Morgan fingerprint density at radius 2 is 2.09 bits per heavy atom. The molecule has 0 amide bonds. The summed E-state index contributed by atoms with van der Waals surface area (Å²) in [7, 11) is 0. The average Bonchev–Trinajstić information content (AvgIpc) is 1.82. The van der Waals surface area contributed by atoms with E-state index in [-0.39, 0.29) is 0 Å². The second-order valence-corrected chi connectivity index (χ2v) is 1.80. The third-order valence-electron chi connectivity index (χ3n) is 0.498. The maximum absolute atomic E-state index is 10.3. The summed E-state index contributed by atoms with van der Waals surface area (Å²) in [6.45, 7) is 3.13. The Labute approximate surface area is 61.9 Å². The van der Waals surface area contributed by atoms with E-state index in [4.69, 9.17) is 0 Å². The molecule has 0 saturated carbocycles. The van der Waals surface area contributed by atoms with Crippen molar-refractivity contribution in [3.05, 3.63) is 10.1 Å². The van der Waals surface area contributed by atoms with Crippen LogP contribution < -0.4 is 0 Å². The fraction of sp³-hybridized carbons (Fsp3) is 0.750. The fourth-order valence-corrected chi connectivity index (χ4v) is 0.273. The summed E-state index contributed by atoms with van der Waals surface area (Å²) in [4.78, 5) is 26.5. The molecule has 0 atom stereocenters. The number of hydrogen-bond donors (Lipinski definition) is 0. The lowest BCUT2D eigenvalue weighted by Gasteiger charge is -2.04. The number of hydrogen-bond acceptors (Lipinski definition) is 6. The molecule has 0 unspecified atom stereocenters.